The molecule has 2 amide bonds. The van der Waals surface area contributed by atoms with Gasteiger partial charge in [-0.3, -0.25) is 19.8 Å². The number of likely N-dealkylation sites (tertiary alicyclic amines) is 1. The number of nitrogens with zero attached hydrogens (tertiary/aromatic N) is 1. The Morgan fingerprint density at radius 2 is 1.93 bits per heavy atom. The molecule has 2 aliphatic rings. The van der Waals surface area contributed by atoms with Crippen molar-refractivity contribution in [3.63, 3.8) is 0 Å². The minimum absolute atomic E-state index is 0.352. The van der Waals surface area contributed by atoms with Crippen LogP contribution in [0.1, 0.15) is 47.3 Å². The summed E-state index contributed by atoms with van der Waals surface area (Å²) in [7, 11) is 0. The summed E-state index contributed by atoms with van der Waals surface area (Å²) in [5.74, 6) is -0.733. The van der Waals surface area contributed by atoms with Gasteiger partial charge in [0.15, 0.2) is 0 Å². The summed E-state index contributed by atoms with van der Waals surface area (Å²) in [6.07, 6.45) is 4.13. The van der Waals surface area contributed by atoms with Gasteiger partial charge in [-0.05, 0) is 84.4 Å². The van der Waals surface area contributed by atoms with Crippen LogP contribution >= 0.6 is 22.6 Å². The van der Waals surface area contributed by atoms with E-state index in [0.29, 0.717) is 22.7 Å². The van der Waals surface area contributed by atoms with Crippen LogP contribution < -0.4 is 10.6 Å². The molecule has 4 rings (SSSR count). The predicted molar refractivity (Wildman–Crippen MR) is 119 cm³/mol. The molecule has 144 valence electrons. The lowest BCUT2D eigenvalue weighted by atomic mass is 9.95. The summed E-state index contributed by atoms with van der Waals surface area (Å²) in [6, 6.07) is 14.4. The highest BCUT2D eigenvalue weighted by atomic mass is 127. The number of fused-ring (bicyclic) bond motifs is 1. The Morgan fingerprint density at radius 3 is 2.68 bits per heavy atom. The zero-order valence-corrected chi connectivity index (χ0v) is 17.8. The highest BCUT2D eigenvalue weighted by Crippen LogP contribution is 2.32. The van der Waals surface area contributed by atoms with Crippen LogP contribution in [0, 0.1) is 3.57 Å². The number of carbonyl (C=O) groups excluding carboxylic acids is 2. The quantitative estimate of drug-likeness (QED) is 0.386. The molecule has 2 N–H and O–H groups in total. The first-order valence-corrected chi connectivity index (χ1v) is 10.6. The number of halogens is 1. The molecule has 5 nitrogen and oxygen atoms in total. The van der Waals surface area contributed by atoms with E-state index in [0.717, 1.165) is 15.8 Å². The highest BCUT2D eigenvalue weighted by molar-refractivity contribution is 14.1. The fourth-order valence-electron chi connectivity index (χ4n) is 3.98. The second-order valence-corrected chi connectivity index (χ2v) is 8.33. The topological polar surface area (TPSA) is 61.4 Å². The van der Waals surface area contributed by atoms with E-state index in [1.165, 1.54) is 24.9 Å². The summed E-state index contributed by atoms with van der Waals surface area (Å²) >= 11 is 2.18. The molecular formula is C22H22IN3O2. The van der Waals surface area contributed by atoms with Crippen molar-refractivity contribution in [1.29, 1.82) is 0 Å². The smallest absolute Gasteiger partial charge is 0.260 e. The van der Waals surface area contributed by atoms with Crippen LogP contribution in [-0.2, 0) is 4.79 Å². The van der Waals surface area contributed by atoms with Crippen LogP contribution in [0.3, 0.4) is 0 Å². The summed E-state index contributed by atoms with van der Waals surface area (Å²) in [6.45, 7) is 4.45. The molecule has 2 aromatic rings. The number of hydrogen-bond donors (Lipinski definition) is 2. The Balaban J connectivity index is 1.56. The van der Waals surface area contributed by atoms with Crippen LogP contribution in [-0.4, -0.2) is 29.8 Å². The van der Waals surface area contributed by atoms with Gasteiger partial charge < -0.3 is 5.32 Å². The lowest BCUT2D eigenvalue weighted by molar-refractivity contribution is -0.114. The van der Waals surface area contributed by atoms with Crippen LogP contribution in [0.15, 0.2) is 48.7 Å². The van der Waals surface area contributed by atoms with Crippen molar-refractivity contribution in [2.24, 2.45) is 0 Å². The Morgan fingerprint density at radius 1 is 1.14 bits per heavy atom. The lowest BCUT2D eigenvalue weighted by Crippen LogP contribution is -2.36. The van der Waals surface area contributed by atoms with Crippen molar-refractivity contribution in [3.8, 4) is 0 Å². The first-order valence-electron chi connectivity index (χ1n) is 9.53. The Labute approximate surface area is 178 Å². The molecule has 0 bridgehead atoms. The van der Waals surface area contributed by atoms with Gasteiger partial charge >= 0.3 is 0 Å². The van der Waals surface area contributed by atoms with E-state index in [2.05, 4.69) is 57.2 Å². The first-order chi connectivity index (χ1) is 13.6. The van der Waals surface area contributed by atoms with Gasteiger partial charge in [-0.2, -0.15) is 0 Å². The molecular weight excluding hydrogens is 465 g/mol. The number of imide groups is 1. The normalized spacial score (nSPS) is 20.9. The van der Waals surface area contributed by atoms with Gasteiger partial charge in [-0.25, -0.2) is 0 Å². The van der Waals surface area contributed by atoms with Crippen LogP contribution in [0.25, 0.3) is 5.57 Å². The molecule has 1 saturated heterocycles. The average molecular weight is 487 g/mol. The summed E-state index contributed by atoms with van der Waals surface area (Å²) < 4.78 is 0.978. The average Bonchev–Trinajstić information content (AvgIpc) is 3.17. The molecule has 28 heavy (non-hydrogen) atoms. The molecule has 1 fully saturated rings. The second kappa shape index (κ2) is 8.05. The third kappa shape index (κ3) is 3.71. The fourth-order valence-corrected chi connectivity index (χ4v) is 4.47. The van der Waals surface area contributed by atoms with Gasteiger partial charge in [0.1, 0.15) is 0 Å². The number of nitrogens with one attached hydrogen (secondary N) is 2. The van der Waals surface area contributed by atoms with Gasteiger partial charge in [0.05, 0.1) is 5.57 Å². The number of amides is 2. The van der Waals surface area contributed by atoms with E-state index in [1.807, 2.05) is 24.3 Å². The van der Waals surface area contributed by atoms with Crippen molar-refractivity contribution < 1.29 is 9.59 Å². The predicted octanol–water partition coefficient (Wildman–Crippen LogP) is 4.17. The van der Waals surface area contributed by atoms with E-state index in [4.69, 9.17) is 0 Å². The monoisotopic (exact) mass is 487 g/mol. The van der Waals surface area contributed by atoms with Crippen molar-refractivity contribution in [2.75, 3.05) is 18.4 Å². The van der Waals surface area contributed by atoms with Crippen molar-refractivity contribution in [3.05, 3.63) is 68.9 Å². The minimum atomic E-state index is -0.381. The van der Waals surface area contributed by atoms with Gasteiger partial charge in [-0.1, -0.05) is 19.1 Å². The van der Waals surface area contributed by atoms with E-state index >= 15 is 0 Å². The summed E-state index contributed by atoms with van der Waals surface area (Å²) in [5, 5.41) is 5.62. The van der Waals surface area contributed by atoms with Crippen molar-refractivity contribution >= 4 is 45.7 Å². The molecule has 1 atom stereocenters. The minimum Gasteiger partial charge on any atom is -0.361 e. The molecule has 0 radical (unpaired) electrons. The number of anilines is 1. The summed E-state index contributed by atoms with van der Waals surface area (Å²) in [4.78, 5) is 26.9. The maximum Gasteiger partial charge on any atom is 0.260 e. The molecule has 0 saturated carbocycles. The summed E-state index contributed by atoms with van der Waals surface area (Å²) in [5.41, 5.74) is 3.89. The van der Waals surface area contributed by atoms with Crippen molar-refractivity contribution in [2.45, 2.75) is 25.8 Å². The second-order valence-electron chi connectivity index (χ2n) is 7.08. The molecule has 0 aromatic heterocycles. The maximum absolute atomic E-state index is 12.3. The molecule has 2 heterocycles. The molecule has 0 aliphatic carbocycles. The SMILES string of the molecule is CCN1CCCC1c1ccc(NC=C2C(=O)NC(=O)c3ccc(I)cc32)cc1. The highest BCUT2D eigenvalue weighted by Gasteiger charge is 2.27. The van der Waals surface area contributed by atoms with E-state index < -0.39 is 0 Å². The van der Waals surface area contributed by atoms with E-state index in [1.54, 1.807) is 12.3 Å². The molecule has 2 aliphatic heterocycles. The van der Waals surface area contributed by atoms with E-state index in [-0.39, 0.29) is 11.8 Å². The van der Waals surface area contributed by atoms with Crippen molar-refractivity contribution in [1.82, 2.24) is 10.2 Å². The van der Waals surface area contributed by atoms with E-state index in [9.17, 15) is 9.59 Å². The number of hydrogen-bond acceptors (Lipinski definition) is 4. The first kappa shape index (κ1) is 19.1. The third-order valence-corrected chi connectivity index (χ3v) is 6.11. The Hall–Kier alpha value is -2.19. The molecule has 0 spiro atoms. The van der Waals surface area contributed by atoms with Crippen LogP contribution in [0.2, 0.25) is 0 Å². The largest absolute Gasteiger partial charge is 0.361 e. The van der Waals surface area contributed by atoms with Crippen LogP contribution in [0.4, 0.5) is 5.69 Å². The molecule has 1 unspecified atom stereocenters. The maximum atomic E-state index is 12.3. The zero-order chi connectivity index (χ0) is 19.7. The lowest BCUT2D eigenvalue weighted by Gasteiger charge is -2.23. The Kier molecular flexibility index (Phi) is 5.50. The standard InChI is InChI=1S/C22H22IN3O2/c1-2-26-11-3-4-20(26)14-5-8-16(9-6-14)24-13-19-18-12-15(23)7-10-17(18)21(27)25-22(19)28/h5-10,12-13,20,24H,2-4,11H2,1H3,(H,25,27,28). The van der Waals surface area contributed by atoms with Gasteiger partial charge in [-0.15, -0.1) is 0 Å². The number of carbonyl (C=O) groups is 2. The van der Waals surface area contributed by atoms with Gasteiger partial charge in [0, 0.05) is 32.6 Å². The number of rotatable bonds is 4. The Bertz CT molecular complexity index is 953. The number of benzene rings is 2. The molecule has 2 aromatic carbocycles. The van der Waals surface area contributed by atoms with Gasteiger partial charge in [0.2, 0.25) is 0 Å². The fraction of sp³-hybridized carbons (Fsp3) is 0.273. The van der Waals surface area contributed by atoms with Gasteiger partial charge in [0.25, 0.3) is 11.8 Å². The van der Waals surface area contributed by atoms with Crippen LogP contribution in [0.5, 0.6) is 0 Å². The third-order valence-electron chi connectivity index (χ3n) is 5.44. The molecule has 6 heteroatoms. The zero-order valence-electron chi connectivity index (χ0n) is 15.7.